The second-order valence-electron chi connectivity index (χ2n) is 8.32. The molecule has 1 atom stereocenters. The molecule has 0 bridgehead atoms. The summed E-state index contributed by atoms with van der Waals surface area (Å²) in [6, 6.07) is 12.5. The first kappa shape index (κ1) is 20.7. The summed E-state index contributed by atoms with van der Waals surface area (Å²) in [6.07, 6.45) is 8.22. The summed E-state index contributed by atoms with van der Waals surface area (Å²) in [4.78, 5) is 16.5. The molecular formula is C26H24N4OS2. The van der Waals surface area contributed by atoms with Crippen molar-refractivity contribution in [2.75, 3.05) is 13.7 Å². The summed E-state index contributed by atoms with van der Waals surface area (Å²) in [5, 5.41) is 8.08. The number of benzene rings is 1. The smallest absolute Gasteiger partial charge is 0.226 e. The van der Waals surface area contributed by atoms with Gasteiger partial charge in [-0.05, 0) is 72.8 Å². The average molecular weight is 473 g/mol. The number of hydrogen-bond acceptors (Lipinski definition) is 7. The summed E-state index contributed by atoms with van der Waals surface area (Å²) in [6.45, 7) is 0.504. The number of hydrogen-bond donors (Lipinski definition) is 1. The lowest BCUT2D eigenvalue weighted by Gasteiger charge is -2.18. The van der Waals surface area contributed by atoms with Crippen LogP contribution < -0.4 is 10.1 Å². The Morgan fingerprint density at radius 1 is 1.06 bits per heavy atom. The number of ether oxygens (including phenoxy) is 1. The highest BCUT2D eigenvalue weighted by Gasteiger charge is 2.23. The van der Waals surface area contributed by atoms with Gasteiger partial charge in [-0.15, -0.1) is 22.7 Å². The van der Waals surface area contributed by atoms with Crippen LogP contribution >= 0.6 is 22.7 Å². The Labute approximate surface area is 200 Å². The van der Waals surface area contributed by atoms with Crippen molar-refractivity contribution in [3.05, 3.63) is 70.2 Å². The van der Waals surface area contributed by atoms with E-state index in [1.165, 1.54) is 38.9 Å². The molecule has 0 saturated carbocycles. The summed E-state index contributed by atoms with van der Waals surface area (Å²) in [5.74, 6) is 1.39. The summed E-state index contributed by atoms with van der Waals surface area (Å²) in [7, 11) is 1.99. The van der Waals surface area contributed by atoms with Crippen LogP contribution in [0.4, 0.5) is 0 Å². The van der Waals surface area contributed by atoms with E-state index in [1.807, 2.05) is 19.2 Å². The van der Waals surface area contributed by atoms with Gasteiger partial charge in [-0.1, -0.05) is 18.2 Å². The van der Waals surface area contributed by atoms with Gasteiger partial charge in [0.2, 0.25) is 5.88 Å². The first-order chi connectivity index (χ1) is 16.3. The third-order valence-electron chi connectivity index (χ3n) is 6.34. The van der Waals surface area contributed by atoms with Crippen LogP contribution in [0.25, 0.3) is 31.7 Å². The van der Waals surface area contributed by atoms with E-state index in [1.54, 1.807) is 35.1 Å². The topological polar surface area (TPSA) is 59.9 Å². The van der Waals surface area contributed by atoms with Crippen molar-refractivity contribution in [1.82, 2.24) is 20.3 Å². The van der Waals surface area contributed by atoms with Gasteiger partial charge in [0.05, 0.1) is 11.4 Å². The van der Waals surface area contributed by atoms with Crippen LogP contribution in [0.5, 0.6) is 5.88 Å². The molecular weight excluding hydrogens is 448 g/mol. The number of aromatic nitrogens is 3. The normalized spacial score (nSPS) is 14.5. The van der Waals surface area contributed by atoms with Crippen molar-refractivity contribution < 1.29 is 4.74 Å². The second kappa shape index (κ2) is 8.82. The van der Waals surface area contributed by atoms with Gasteiger partial charge < -0.3 is 10.1 Å². The minimum Gasteiger partial charge on any atom is -0.475 e. The van der Waals surface area contributed by atoms with Gasteiger partial charge in [-0.25, -0.2) is 4.98 Å². The van der Waals surface area contributed by atoms with Crippen LogP contribution in [0.1, 0.15) is 34.9 Å². The molecule has 6 rings (SSSR count). The molecule has 7 heteroatoms. The number of fused-ring (bicyclic) bond motifs is 4. The van der Waals surface area contributed by atoms with Crippen molar-refractivity contribution in [1.29, 1.82) is 0 Å². The van der Waals surface area contributed by atoms with Crippen molar-refractivity contribution in [3.63, 3.8) is 0 Å². The number of pyridine rings is 1. The Bertz CT molecular complexity index is 1430. The monoisotopic (exact) mass is 472 g/mol. The Morgan fingerprint density at radius 3 is 2.79 bits per heavy atom. The second-order valence-corrected chi connectivity index (χ2v) is 10.3. The average Bonchev–Trinajstić information content (AvgIpc) is 3.46. The van der Waals surface area contributed by atoms with Crippen LogP contribution in [0.15, 0.2) is 54.2 Å². The van der Waals surface area contributed by atoms with Crippen molar-refractivity contribution in [3.8, 4) is 17.3 Å². The lowest BCUT2D eigenvalue weighted by molar-refractivity contribution is 0.267. The summed E-state index contributed by atoms with van der Waals surface area (Å²) >= 11 is 3.58. The minimum absolute atomic E-state index is 0.0741. The molecule has 166 valence electrons. The van der Waals surface area contributed by atoms with E-state index in [9.17, 15) is 0 Å². The van der Waals surface area contributed by atoms with E-state index >= 15 is 0 Å². The number of thiophene rings is 2. The zero-order valence-electron chi connectivity index (χ0n) is 18.4. The molecule has 4 aromatic heterocycles. The molecule has 0 aliphatic heterocycles. The predicted octanol–water partition coefficient (Wildman–Crippen LogP) is 6.19. The van der Waals surface area contributed by atoms with Gasteiger partial charge >= 0.3 is 0 Å². The number of nitrogens with one attached hydrogen (secondary N) is 1. The van der Waals surface area contributed by atoms with Crippen LogP contribution in [0.2, 0.25) is 0 Å². The molecule has 0 spiro atoms. The molecule has 33 heavy (non-hydrogen) atoms. The van der Waals surface area contributed by atoms with E-state index < -0.39 is 0 Å². The zero-order chi connectivity index (χ0) is 22.2. The number of likely N-dealkylation sites (N-methyl/N-ethyl adjacent to an activating group) is 1. The van der Waals surface area contributed by atoms with Gasteiger partial charge in [0.25, 0.3) is 0 Å². The van der Waals surface area contributed by atoms with E-state index in [0.717, 1.165) is 28.6 Å². The van der Waals surface area contributed by atoms with Crippen molar-refractivity contribution >= 4 is 43.0 Å². The fourth-order valence-electron chi connectivity index (χ4n) is 4.62. The largest absolute Gasteiger partial charge is 0.475 e. The summed E-state index contributed by atoms with van der Waals surface area (Å²) in [5.41, 5.74) is 3.61. The highest BCUT2D eigenvalue weighted by atomic mass is 32.1. The van der Waals surface area contributed by atoms with Crippen molar-refractivity contribution in [2.45, 2.75) is 31.7 Å². The SMILES string of the molecule is CN[C@H](COc1nc(-c2ccncc2)nc2sc3c(c12)CCCC3)c1csc2ccccc12. The third-order valence-corrected chi connectivity index (χ3v) is 8.51. The number of aryl methyl sites for hydroxylation is 2. The zero-order valence-corrected chi connectivity index (χ0v) is 20.0. The molecule has 5 aromatic rings. The maximum absolute atomic E-state index is 6.51. The molecule has 1 aromatic carbocycles. The standard InChI is InChI=1S/C26H24N4OS2/c1-27-20(19-15-32-21-8-4-2-6-17(19)21)14-31-25-23-18-7-3-5-9-22(18)33-26(23)30-24(29-25)16-10-12-28-13-11-16/h2,4,6,8,10-13,15,20,27H,3,5,7,9,14H2,1H3/t20-/m1/s1. The quantitative estimate of drug-likeness (QED) is 0.319. The fraction of sp³-hybridized carbons (Fsp3) is 0.269. The van der Waals surface area contributed by atoms with Crippen LogP contribution in [-0.2, 0) is 12.8 Å². The van der Waals surface area contributed by atoms with Gasteiger partial charge in [0.1, 0.15) is 11.4 Å². The lowest BCUT2D eigenvalue weighted by atomic mass is 9.97. The highest BCUT2D eigenvalue weighted by molar-refractivity contribution is 7.19. The van der Waals surface area contributed by atoms with Gasteiger partial charge in [-0.2, -0.15) is 4.98 Å². The van der Waals surface area contributed by atoms with Crippen LogP contribution in [-0.4, -0.2) is 28.6 Å². The molecule has 0 unspecified atom stereocenters. The first-order valence-electron chi connectivity index (χ1n) is 11.3. The molecule has 4 heterocycles. The number of rotatable bonds is 6. The fourth-order valence-corrected chi connectivity index (χ4v) is 6.88. The van der Waals surface area contributed by atoms with E-state index in [-0.39, 0.29) is 6.04 Å². The molecule has 1 N–H and O–H groups in total. The van der Waals surface area contributed by atoms with Crippen LogP contribution in [0.3, 0.4) is 0 Å². The minimum atomic E-state index is 0.0741. The van der Waals surface area contributed by atoms with Crippen LogP contribution in [0, 0.1) is 0 Å². The molecule has 0 radical (unpaired) electrons. The Kier molecular flexibility index (Phi) is 5.54. The molecule has 0 amide bonds. The van der Waals surface area contributed by atoms with Gasteiger partial charge in [0, 0.05) is 27.5 Å². The highest BCUT2D eigenvalue weighted by Crippen LogP contribution is 2.41. The third kappa shape index (κ3) is 3.80. The molecule has 0 fully saturated rings. The Hall–Kier alpha value is -2.87. The van der Waals surface area contributed by atoms with Crippen molar-refractivity contribution in [2.24, 2.45) is 0 Å². The maximum Gasteiger partial charge on any atom is 0.226 e. The Morgan fingerprint density at radius 2 is 1.91 bits per heavy atom. The van der Waals surface area contributed by atoms with E-state index in [2.05, 4.69) is 39.9 Å². The lowest BCUT2D eigenvalue weighted by Crippen LogP contribution is -2.23. The summed E-state index contributed by atoms with van der Waals surface area (Å²) < 4.78 is 7.81. The number of nitrogens with zero attached hydrogens (tertiary/aromatic N) is 3. The predicted molar refractivity (Wildman–Crippen MR) is 136 cm³/mol. The molecule has 0 saturated heterocycles. The Balaban J connectivity index is 1.40. The molecule has 1 aliphatic rings. The molecule has 1 aliphatic carbocycles. The van der Waals surface area contributed by atoms with E-state index in [4.69, 9.17) is 14.7 Å². The van der Waals surface area contributed by atoms with E-state index in [0.29, 0.717) is 18.3 Å². The van der Waals surface area contributed by atoms with Gasteiger partial charge in [-0.3, -0.25) is 4.98 Å². The first-order valence-corrected chi connectivity index (χ1v) is 13.0. The van der Waals surface area contributed by atoms with Gasteiger partial charge in [0.15, 0.2) is 5.82 Å². The molecule has 5 nitrogen and oxygen atoms in total. The maximum atomic E-state index is 6.51.